The lowest BCUT2D eigenvalue weighted by Crippen LogP contribution is -2.30. The Labute approximate surface area is 208 Å². The molecule has 1 heterocycles. The summed E-state index contributed by atoms with van der Waals surface area (Å²) in [5.41, 5.74) is 0.884. The normalized spacial score (nSPS) is 12.4. The van der Waals surface area contributed by atoms with Crippen LogP contribution in [0.4, 0.5) is 22.7 Å². The third-order valence-corrected chi connectivity index (χ3v) is 5.40. The van der Waals surface area contributed by atoms with Crippen molar-refractivity contribution in [3.05, 3.63) is 46.5 Å². The molecule has 11 nitrogen and oxygen atoms in total. The molecule has 0 radical (unpaired) electrons. The Kier molecular flexibility index (Phi) is 8.44. The molecular weight excluding hydrogens is 462 g/mol. The Bertz CT molecular complexity index is 1320. The van der Waals surface area contributed by atoms with E-state index in [0.717, 1.165) is 11.3 Å². The highest BCUT2D eigenvalue weighted by molar-refractivity contribution is 6.23. The van der Waals surface area contributed by atoms with Gasteiger partial charge in [-0.25, -0.2) is 0 Å². The van der Waals surface area contributed by atoms with Crippen LogP contribution in [0.1, 0.15) is 58.5 Å². The van der Waals surface area contributed by atoms with Crippen LogP contribution in [-0.4, -0.2) is 49.4 Å². The first kappa shape index (κ1) is 26.0. The molecule has 0 aliphatic carbocycles. The fourth-order valence-electron chi connectivity index (χ4n) is 3.68. The van der Waals surface area contributed by atoms with Crippen LogP contribution in [0.5, 0.6) is 0 Å². The van der Waals surface area contributed by atoms with Crippen LogP contribution in [0, 0.1) is 22.7 Å². The maximum atomic E-state index is 13.0. The highest BCUT2D eigenvalue weighted by Gasteiger charge is 2.39. The number of fused-ring (bicyclic) bond motifs is 1. The van der Waals surface area contributed by atoms with Crippen molar-refractivity contribution < 1.29 is 19.1 Å². The zero-order valence-corrected chi connectivity index (χ0v) is 20.2. The van der Waals surface area contributed by atoms with Crippen LogP contribution in [0.3, 0.4) is 0 Å². The predicted molar refractivity (Wildman–Crippen MR) is 131 cm³/mol. The van der Waals surface area contributed by atoms with Crippen LogP contribution >= 0.6 is 0 Å². The third kappa shape index (κ3) is 5.37. The van der Waals surface area contributed by atoms with E-state index in [2.05, 4.69) is 20.9 Å². The van der Waals surface area contributed by atoms with Gasteiger partial charge < -0.3 is 15.4 Å². The van der Waals surface area contributed by atoms with Gasteiger partial charge in [-0.2, -0.15) is 10.5 Å². The fraction of sp³-hybridized carbons (Fsp3) is 0.320. The summed E-state index contributed by atoms with van der Waals surface area (Å²) in [6.45, 7) is 4.53. The average Bonchev–Trinajstić information content (AvgIpc) is 3.10. The van der Waals surface area contributed by atoms with Crippen LogP contribution in [0.25, 0.3) is 0 Å². The summed E-state index contributed by atoms with van der Waals surface area (Å²) in [7, 11) is 1.59. The van der Waals surface area contributed by atoms with Gasteiger partial charge in [0.1, 0.15) is 23.5 Å². The van der Waals surface area contributed by atoms with E-state index < -0.39 is 11.8 Å². The molecule has 0 spiro atoms. The van der Waals surface area contributed by atoms with Crippen molar-refractivity contribution >= 4 is 40.5 Å². The number of unbranched alkanes of at least 4 members (excludes halogenated alkanes) is 1. The highest BCUT2D eigenvalue weighted by atomic mass is 16.5. The molecule has 0 saturated heterocycles. The number of nitrogens with zero attached hydrogens (tertiary/aromatic N) is 5. The number of azo groups is 1. The molecule has 0 unspecified atom stereocenters. The quantitative estimate of drug-likeness (QED) is 0.287. The van der Waals surface area contributed by atoms with E-state index in [9.17, 15) is 24.9 Å². The van der Waals surface area contributed by atoms with Gasteiger partial charge in [0.05, 0.1) is 34.5 Å². The molecule has 184 valence electrons. The Hall–Kier alpha value is -4.61. The lowest BCUT2D eigenvalue weighted by molar-refractivity contribution is -0.114. The molecule has 3 rings (SSSR count). The lowest BCUT2D eigenvalue weighted by atomic mass is 9.97. The number of ether oxygens (including phenoxy) is 1. The number of hydrogen-bond acceptors (Lipinski definition) is 9. The van der Waals surface area contributed by atoms with Crippen LogP contribution in [0.15, 0.2) is 34.5 Å². The lowest BCUT2D eigenvalue weighted by Gasteiger charge is -2.12. The van der Waals surface area contributed by atoms with E-state index in [1.165, 1.54) is 13.0 Å². The summed E-state index contributed by atoms with van der Waals surface area (Å²) in [6, 6.07) is 10.1. The zero-order chi connectivity index (χ0) is 26.2. The van der Waals surface area contributed by atoms with E-state index in [4.69, 9.17) is 4.74 Å². The summed E-state index contributed by atoms with van der Waals surface area (Å²) in [4.78, 5) is 38.6. The number of carbonyl (C=O) groups is 3. The number of methoxy groups -OCH3 is 1. The van der Waals surface area contributed by atoms with E-state index in [0.29, 0.717) is 30.9 Å². The molecule has 1 aliphatic rings. The minimum Gasteiger partial charge on any atom is -0.383 e. The number of amides is 3. The summed E-state index contributed by atoms with van der Waals surface area (Å²) >= 11 is 0. The smallest absolute Gasteiger partial charge is 0.262 e. The second kappa shape index (κ2) is 11.7. The van der Waals surface area contributed by atoms with Gasteiger partial charge in [0.2, 0.25) is 5.91 Å². The number of hydrogen-bond donors (Lipinski definition) is 2. The van der Waals surface area contributed by atoms with Crippen molar-refractivity contribution in [2.75, 3.05) is 37.4 Å². The zero-order valence-electron chi connectivity index (χ0n) is 20.2. The molecular formula is C25H25N7O4. The molecule has 0 saturated carbocycles. The number of anilines is 2. The summed E-state index contributed by atoms with van der Waals surface area (Å²) < 4.78 is 5.02. The van der Waals surface area contributed by atoms with Crippen molar-refractivity contribution in [2.24, 2.45) is 10.2 Å². The topological polar surface area (TPSA) is 160 Å². The molecule has 0 fully saturated rings. The first-order valence-corrected chi connectivity index (χ1v) is 11.3. The molecule has 0 aromatic heterocycles. The van der Waals surface area contributed by atoms with Gasteiger partial charge in [-0.3, -0.25) is 19.3 Å². The van der Waals surface area contributed by atoms with Crippen LogP contribution in [-0.2, 0) is 9.53 Å². The van der Waals surface area contributed by atoms with Crippen molar-refractivity contribution in [1.29, 1.82) is 10.5 Å². The van der Waals surface area contributed by atoms with Crippen molar-refractivity contribution in [3.63, 3.8) is 0 Å². The van der Waals surface area contributed by atoms with Gasteiger partial charge >= 0.3 is 0 Å². The van der Waals surface area contributed by atoms with Crippen LogP contribution in [0.2, 0.25) is 0 Å². The average molecular weight is 488 g/mol. The molecule has 11 heteroatoms. The second-order valence-electron chi connectivity index (χ2n) is 7.94. The summed E-state index contributed by atoms with van der Waals surface area (Å²) in [6.07, 6.45) is 1.39. The molecule has 2 aromatic rings. The molecule has 36 heavy (non-hydrogen) atoms. The maximum absolute atomic E-state index is 13.0. The number of carbonyl (C=O) groups excluding carboxylic acids is 3. The van der Waals surface area contributed by atoms with Gasteiger partial charge in [-0.15, -0.1) is 10.2 Å². The second-order valence-corrected chi connectivity index (χ2v) is 7.94. The monoisotopic (exact) mass is 487 g/mol. The summed E-state index contributed by atoms with van der Waals surface area (Å²) in [5, 5.41) is 33.7. The number of rotatable bonds is 10. The van der Waals surface area contributed by atoms with Gasteiger partial charge in [0, 0.05) is 32.8 Å². The Morgan fingerprint density at radius 2 is 1.92 bits per heavy atom. The SMILES string of the molecule is CCCCN1C(=O)c2cc(C#N)c(N=Nc3ccc(NCCOC)cc3NC(C)=O)c(C#N)c2C1=O. The highest BCUT2D eigenvalue weighted by Crippen LogP contribution is 2.37. The fourth-order valence-corrected chi connectivity index (χ4v) is 3.68. The minimum absolute atomic E-state index is 0.00794. The van der Waals surface area contributed by atoms with Gasteiger partial charge in [-0.1, -0.05) is 13.3 Å². The largest absolute Gasteiger partial charge is 0.383 e. The van der Waals surface area contributed by atoms with Gasteiger partial charge in [0.25, 0.3) is 11.8 Å². The van der Waals surface area contributed by atoms with Crippen molar-refractivity contribution in [3.8, 4) is 12.1 Å². The van der Waals surface area contributed by atoms with E-state index in [1.807, 2.05) is 19.1 Å². The van der Waals surface area contributed by atoms with Crippen molar-refractivity contribution in [2.45, 2.75) is 26.7 Å². The van der Waals surface area contributed by atoms with Gasteiger partial charge in [0.15, 0.2) is 0 Å². The van der Waals surface area contributed by atoms with Gasteiger partial charge in [-0.05, 0) is 30.7 Å². The van der Waals surface area contributed by atoms with Crippen molar-refractivity contribution in [1.82, 2.24) is 4.90 Å². The standard InChI is InChI=1S/C25H25N7O4/c1-4-5-9-32-24(34)18-11-16(13-26)23(19(14-27)22(18)25(32)35)31-30-20-7-6-17(28-8-10-36-3)12-21(20)29-15(2)33/h6-7,11-12,28H,4-5,8-10H2,1-3H3,(H,29,33). The molecule has 0 bridgehead atoms. The Morgan fingerprint density at radius 3 is 2.56 bits per heavy atom. The number of benzene rings is 2. The van der Waals surface area contributed by atoms with E-state index >= 15 is 0 Å². The molecule has 3 amide bonds. The number of nitrogens with one attached hydrogen (secondary N) is 2. The number of imide groups is 1. The Morgan fingerprint density at radius 1 is 1.14 bits per heavy atom. The van der Waals surface area contributed by atoms with Crippen LogP contribution < -0.4 is 10.6 Å². The molecule has 2 aromatic carbocycles. The Balaban J connectivity index is 2.05. The van der Waals surface area contributed by atoms with E-state index in [-0.39, 0.29) is 46.1 Å². The third-order valence-electron chi connectivity index (χ3n) is 5.40. The maximum Gasteiger partial charge on any atom is 0.262 e. The molecule has 2 N–H and O–H groups in total. The minimum atomic E-state index is -0.591. The number of nitriles is 2. The first-order valence-electron chi connectivity index (χ1n) is 11.3. The van der Waals surface area contributed by atoms with E-state index in [1.54, 1.807) is 25.3 Å². The first-order chi connectivity index (χ1) is 17.4. The molecule has 1 aliphatic heterocycles. The predicted octanol–water partition coefficient (Wildman–Crippen LogP) is 4.26. The molecule has 0 atom stereocenters. The summed E-state index contributed by atoms with van der Waals surface area (Å²) in [5.74, 6) is -1.46.